The zero-order valence-corrected chi connectivity index (χ0v) is 16.8. The average Bonchev–Trinajstić information content (AvgIpc) is 2.63. The summed E-state index contributed by atoms with van der Waals surface area (Å²) < 4.78 is 0.756. The number of aromatic nitrogens is 3. The highest BCUT2D eigenvalue weighted by molar-refractivity contribution is 9.10. The van der Waals surface area contributed by atoms with Crippen LogP contribution >= 0.6 is 15.9 Å². The van der Waals surface area contributed by atoms with Crippen molar-refractivity contribution in [2.75, 3.05) is 29.6 Å². The van der Waals surface area contributed by atoms with Gasteiger partial charge in [0, 0.05) is 48.4 Å². The van der Waals surface area contributed by atoms with Crippen LogP contribution in [0.25, 0.3) is 0 Å². The first kappa shape index (κ1) is 18.8. The van der Waals surface area contributed by atoms with Crippen molar-refractivity contribution in [1.29, 1.82) is 0 Å². The van der Waals surface area contributed by atoms with E-state index in [9.17, 15) is 4.79 Å². The number of carbonyl (C=O) groups excluding carboxylic acids is 1. The van der Waals surface area contributed by atoms with Gasteiger partial charge >= 0.3 is 0 Å². The van der Waals surface area contributed by atoms with Gasteiger partial charge in [0.2, 0.25) is 0 Å². The first-order valence-electron chi connectivity index (χ1n) is 8.23. The topological polar surface area (TPSA) is 83.0 Å². The molecular weight excluding hydrogens is 408 g/mol. The smallest absolute Gasteiger partial charge is 0.257 e. The molecule has 0 radical (unpaired) electrons. The third-order valence-electron chi connectivity index (χ3n) is 3.66. The maximum Gasteiger partial charge on any atom is 0.257 e. The van der Waals surface area contributed by atoms with Crippen molar-refractivity contribution in [3.8, 4) is 0 Å². The highest BCUT2D eigenvalue weighted by Crippen LogP contribution is 2.21. The van der Waals surface area contributed by atoms with Crippen LogP contribution in [0.3, 0.4) is 0 Å². The molecule has 3 rings (SSSR count). The fraction of sp³-hybridized carbons (Fsp3) is 0.158. The van der Waals surface area contributed by atoms with Crippen LogP contribution in [0.5, 0.6) is 0 Å². The van der Waals surface area contributed by atoms with Gasteiger partial charge in [0.25, 0.3) is 5.91 Å². The van der Waals surface area contributed by atoms with E-state index in [0.717, 1.165) is 16.0 Å². The van der Waals surface area contributed by atoms with Gasteiger partial charge in [0.15, 0.2) is 0 Å². The number of aryl methyl sites for hydroxylation is 1. The lowest BCUT2D eigenvalue weighted by atomic mass is 10.2. The average molecular weight is 427 g/mol. The summed E-state index contributed by atoms with van der Waals surface area (Å²) in [6, 6.07) is 11.0. The molecule has 2 N–H and O–H groups in total. The summed E-state index contributed by atoms with van der Waals surface area (Å²) in [5.41, 5.74) is 2.04. The first-order chi connectivity index (χ1) is 12.9. The third-order valence-corrected chi connectivity index (χ3v) is 4.10. The zero-order chi connectivity index (χ0) is 19.4. The molecule has 2 heterocycles. The summed E-state index contributed by atoms with van der Waals surface area (Å²) in [6.45, 7) is 1.85. The predicted molar refractivity (Wildman–Crippen MR) is 111 cm³/mol. The monoisotopic (exact) mass is 426 g/mol. The van der Waals surface area contributed by atoms with Crippen LogP contribution in [-0.2, 0) is 0 Å². The van der Waals surface area contributed by atoms with Crippen molar-refractivity contribution in [2.45, 2.75) is 6.92 Å². The molecule has 0 aliphatic heterocycles. The van der Waals surface area contributed by atoms with Crippen LogP contribution in [0.15, 0.2) is 53.3 Å². The van der Waals surface area contributed by atoms with Gasteiger partial charge in [-0.1, -0.05) is 0 Å². The van der Waals surface area contributed by atoms with Crippen LogP contribution in [0.4, 0.5) is 23.0 Å². The SMILES string of the molecule is Cc1nc(Nc2ccc(NC(=O)c3cncc(Br)c3)cc2)cc(N(C)C)n1. The second-order valence-corrected chi connectivity index (χ2v) is 7.02. The number of anilines is 4. The maximum atomic E-state index is 12.3. The van der Waals surface area contributed by atoms with Gasteiger partial charge < -0.3 is 15.5 Å². The summed E-state index contributed by atoms with van der Waals surface area (Å²) >= 11 is 3.31. The van der Waals surface area contributed by atoms with Crippen molar-refractivity contribution < 1.29 is 4.79 Å². The van der Waals surface area contributed by atoms with Crippen molar-refractivity contribution in [2.24, 2.45) is 0 Å². The molecule has 0 bridgehead atoms. The predicted octanol–water partition coefficient (Wildman–Crippen LogP) is 4.00. The van der Waals surface area contributed by atoms with E-state index in [1.807, 2.05) is 56.3 Å². The van der Waals surface area contributed by atoms with E-state index >= 15 is 0 Å². The second-order valence-electron chi connectivity index (χ2n) is 6.10. The van der Waals surface area contributed by atoms with Gasteiger partial charge in [0.05, 0.1) is 5.56 Å². The lowest BCUT2D eigenvalue weighted by molar-refractivity contribution is 0.102. The molecular formula is C19H19BrN6O. The highest BCUT2D eigenvalue weighted by atomic mass is 79.9. The molecule has 8 heteroatoms. The second kappa shape index (κ2) is 8.13. The van der Waals surface area contributed by atoms with E-state index < -0.39 is 0 Å². The van der Waals surface area contributed by atoms with Gasteiger partial charge in [-0.2, -0.15) is 0 Å². The summed E-state index contributed by atoms with van der Waals surface area (Å²) in [5, 5.41) is 6.10. The molecule has 0 saturated heterocycles. The number of halogens is 1. The van der Waals surface area contributed by atoms with Crippen LogP contribution in [0.2, 0.25) is 0 Å². The normalized spacial score (nSPS) is 10.4. The Morgan fingerprint density at radius 2 is 1.74 bits per heavy atom. The minimum Gasteiger partial charge on any atom is -0.363 e. The van der Waals surface area contributed by atoms with Crippen molar-refractivity contribution in [3.63, 3.8) is 0 Å². The quantitative estimate of drug-likeness (QED) is 0.641. The number of hydrogen-bond acceptors (Lipinski definition) is 6. The number of nitrogens with zero attached hydrogens (tertiary/aromatic N) is 4. The molecule has 0 unspecified atom stereocenters. The fourth-order valence-electron chi connectivity index (χ4n) is 2.37. The molecule has 0 saturated carbocycles. The van der Waals surface area contributed by atoms with Crippen molar-refractivity contribution in [3.05, 3.63) is 64.7 Å². The molecule has 0 spiro atoms. The molecule has 0 aliphatic carbocycles. The van der Waals surface area contributed by atoms with E-state index in [1.165, 1.54) is 6.20 Å². The number of pyridine rings is 1. The molecule has 7 nitrogen and oxygen atoms in total. The Kier molecular flexibility index (Phi) is 5.66. The Bertz CT molecular complexity index is 959. The van der Waals surface area contributed by atoms with Gasteiger partial charge in [-0.25, -0.2) is 9.97 Å². The molecule has 0 atom stereocenters. The Labute approximate surface area is 166 Å². The first-order valence-corrected chi connectivity index (χ1v) is 9.02. The van der Waals surface area contributed by atoms with Gasteiger partial charge in [0.1, 0.15) is 17.5 Å². The molecule has 3 aromatic rings. The standard InChI is InChI=1S/C19H19BrN6O/c1-12-22-17(9-18(23-12)26(2)3)24-15-4-6-16(7-5-15)25-19(27)13-8-14(20)11-21-10-13/h4-11H,1-3H3,(H,25,27)(H,22,23,24). The van der Waals surface area contributed by atoms with Crippen molar-refractivity contribution in [1.82, 2.24) is 15.0 Å². The number of hydrogen-bond donors (Lipinski definition) is 2. The number of rotatable bonds is 5. The fourth-order valence-corrected chi connectivity index (χ4v) is 2.73. The van der Waals surface area contributed by atoms with Gasteiger partial charge in [-0.3, -0.25) is 9.78 Å². The molecule has 27 heavy (non-hydrogen) atoms. The number of carbonyl (C=O) groups is 1. The van der Waals surface area contributed by atoms with Crippen LogP contribution in [0.1, 0.15) is 16.2 Å². The minimum atomic E-state index is -0.216. The van der Waals surface area contributed by atoms with Crippen LogP contribution in [-0.4, -0.2) is 35.0 Å². The van der Waals surface area contributed by atoms with E-state index in [2.05, 4.69) is 41.5 Å². The zero-order valence-electron chi connectivity index (χ0n) is 15.2. The summed E-state index contributed by atoms with van der Waals surface area (Å²) in [4.78, 5) is 27.0. The summed E-state index contributed by atoms with van der Waals surface area (Å²) in [7, 11) is 3.87. The molecule has 0 fully saturated rings. The molecule has 1 amide bonds. The van der Waals surface area contributed by atoms with Gasteiger partial charge in [-0.15, -0.1) is 0 Å². The van der Waals surface area contributed by atoms with Crippen LogP contribution in [0, 0.1) is 6.92 Å². The van der Waals surface area contributed by atoms with E-state index in [0.29, 0.717) is 22.9 Å². The van der Waals surface area contributed by atoms with Gasteiger partial charge in [-0.05, 0) is 53.2 Å². The van der Waals surface area contributed by atoms with E-state index in [1.54, 1.807) is 12.3 Å². The lowest BCUT2D eigenvalue weighted by Crippen LogP contribution is -2.12. The Morgan fingerprint density at radius 3 is 2.41 bits per heavy atom. The van der Waals surface area contributed by atoms with E-state index in [4.69, 9.17) is 0 Å². The Hall–Kier alpha value is -3.00. The summed E-state index contributed by atoms with van der Waals surface area (Å²) in [5.74, 6) is 2.02. The van der Waals surface area contributed by atoms with Crippen LogP contribution < -0.4 is 15.5 Å². The number of benzene rings is 1. The minimum absolute atomic E-state index is 0.216. The third kappa shape index (κ3) is 5.01. The summed E-state index contributed by atoms with van der Waals surface area (Å²) in [6.07, 6.45) is 3.16. The molecule has 2 aromatic heterocycles. The molecule has 1 aromatic carbocycles. The molecule has 138 valence electrons. The van der Waals surface area contributed by atoms with E-state index in [-0.39, 0.29) is 5.91 Å². The lowest BCUT2D eigenvalue weighted by Gasteiger charge is -2.14. The number of nitrogens with one attached hydrogen (secondary N) is 2. The Balaban J connectivity index is 1.70. The molecule has 0 aliphatic rings. The highest BCUT2D eigenvalue weighted by Gasteiger charge is 2.08. The van der Waals surface area contributed by atoms with Crippen molar-refractivity contribution >= 4 is 44.8 Å². The largest absolute Gasteiger partial charge is 0.363 e. The Morgan fingerprint density at radius 1 is 1.04 bits per heavy atom. The maximum absolute atomic E-state index is 12.3. The number of amides is 1.